The molecule has 4 aliphatic rings. The number of aryl methyl sites for hydroxylation is 1. The van der Waals surface area contributed by atoms with Crippen LogP contribution in [0.5, 0.6) is 0 Å². The average Bonchev–Trinajstić information content (AvgIpc) is 3.21. The summed E-state index contributed by atoms with van der Waals surface area (Å²) in [6.07, 6.45) is 3.41. The zero-order valence-corrected chi connectivity index (χ0v) is 29.7. The van der Waals surface area contributed by atoms with Gasteiger partial charge in [-0.25, -0.2) is 0 Å². The molecular formula is C43H51BN2. The molecule has 1 aliphatic carbocycles. The Morgan fingerprint density at radius 1 is 0.652 bits per heavy atom. The fourth-order valence-corrected chi connectivity index (χ4v) is 8.49. The maximum Gasteiger partial charge on any atom is 0.252 e. The molecule has 3 heteroatoms. The standard InChI is InChI=1S/C43H51BN2/c1-26-21-37-39-38(22-26)46-35-14-12-11-13-31(35)32-23-29(43(8,9)10)25-34(40(32)46)44(39)33-24-28(42(5,6)7)17-20-36(33)45(37)30-18-15-27(16-19-30)41(2,3)4/h15-25,31,35H,11-14H2,1-10H3/i31D,35D. The molecular weight excluding hydrogens is 555 g/mol. The van der Waals surface area contributed by atoms with Crippen LogP contribution in [0.1, 0.15) is 124 Å². The molecule has 0 spiro atoms. The van der Waals surface area contributed by atoms with Gasteiger partial charge in [0.05, 0.1) is 1.37 Å². The zero-order valence-electron chi connectivity index (χ0n) is 31.7. The van der Waals surface area contributed by atoms with Crippen molar-refractivity contribution in [1.29, 1.82) is 0 Å². The van der Waals surface area contributed by atoms with Crippen molar-refractivity contribution in [1.82, 2.24) is 0 Å². The SMILES string of the molecule is [2H]C12CCCCC1([2H])N1c3cc(C)cc4c3B(c3cc(C(C)(C)C)ccc3N4c3ccc(C(C)(C)C)cc3)c3cc(C(C)(C)C)cc2c31. The van der Waals surface area contributed by atoms with E-state index < -0.39 is 11.9 Å². The second-order valence-electron chi connectivity index (χ2n) is 17.5. The first-order valence-corrected chi connectivity index (χ1v) is 17.5. The van der Waals surface area contributed by atoms with Gasteiger partial charge in [0.15, 0.2) is 0 Å². The Kier molecular flexibility index (Phi) is 5.88. The van der Waals surface area contributed by atoms with Crippen LogP contribution in [0.15, 0.2) is 66.7 Å². The lowest BCUT2D eigenvalue weighted by molar-refractivity contribution is 0.402. The number of nitrogens with zero attached hydrogens (tertiary/aromatic N) is 2. The number of anilines is 5. The van der Waals surface area contributed by atoms with Gasteiger partial charge in [-0.05, 0) is 111 Å². The lowest BCUT2D eigenvalue weighted by atomic mass is 9.33. The summed E-state index contributed by atoms with van der Waals surface area (Å²) >= 11 is 0. The van der Waals surface area contributed by atoms with Gasteiger partial charge >= 0.3 is 0 Å². The van der Waals surface area contributed by atoms with Crippen molar-refractivity contribution < 1.29 is 2.74 Å². The molecule has 3 heterocycles. The van der Waals surface area contributed by atoms with E-state index in [4.69, 9.17) is 0 Å². The van der Waals surface area contributed by atoms with Crippen LogP contribution >= 0.6 is 0 Å². The van der Waals surface area contributed by atoms with Gasteiger partial charge < -0.3 is 9.80 Å². The maximum atomic E-state index is 10.3. The Labute approximate surface area is 281 Å². The molecule has 0 saturated heterocycles. The third-order valence-corrected chi connectivity index (χ3v) is 11.1. The smallest absolute Gasteiger partial charge is 0.252 e. The van der Waals surface area contributed by atoms with Crippen LogP contribution in [0.4, 0.5) is 28.4 Å². The summed E-state index contributed by atoms with van der Waals surface area (Å²) < 4.78 is 20.6. The monoisotopic (exact) mass is 608 g/mol. The molecule has 1 saturated carbocycles. The number of benzene rings is 4. The van der Waals surface area contributed by atoms with E-state index in [0.29, 0.717) is 6.42 Å². The third kappa shape index (κ3) is 4.36. The molecule has 2 nitrogen and oxygen atoms in total. The zero-order chi connectivity index (χ0) is 34.3. The van der Waals surface area contributed by atoms with Crippen LogP contribution in [0, 0.1) is 6.92 Å². The summed E-state index contributed by atoms with van der Waals surface area (Å²) in [5.74, 6) is -0.987. The molecule has 2 unspecified atom stereocenters. The molecule has 8 rings (SSSR count). The minimum absolute atomic E-state index is 0.00801. The van der Waals surface area contributed by atoms with E-state index in [0.717, 1.165) is 41.9 Å². The normalized spacial score (nSPS) is 23.7. The molecule has 4 aromatic rings. The van der Waals surface area contributed by atoms with Gasteiger partial charge in [0.1, 0.15) is 0 Å². The highest BCUT2D eigenvalue weighted by molar-refractivity contribution is 7.00. The molecule has 0 radical (unpaired) electrons. The highest BCUT2D eigenvalue weighted by Crippen LogP contribution is 2.54. The second kappa shape index (κ2) is 9.78. The summed E-state index contributed by atoms with van der Waals surface area (Å²) in [5.41, 5.74) is 15.9. The first-order valence-electron chi connectivity index (χ1n) is 18.5. The number of rotatable bonds is 1. The number of hydrogen-bond donors (Lipinski definition) is 0. The maximum absolute atomic E-state index is 10.3. The van der Waals surface area contributed by atoms with Crippen molar-refractivity contribution in [3.63, 3.8) is 0 Å². The van der Waals surface area contributed by atoms with Gasteiger partial charge in [-0.1, -0.05) is 112 Å². The topological polar surface area (TPSA) is 6.48 Å². The van der Waals surface area contributed by atoms with Crippen LogP contribution in [-0.2, 0) is 16.2 Å². The summed E-state index contributed by atoms with van der Waals surface area (Å²) in [6.45, 7) is 22.8. The van der Waals surface area contributed by atoms with Crippen molar-refractivity contribution >= 4 is 51.5 Å². The highest BCUT2D eigenvalue weighted by Gasteiger charge is 2.51. The molecule has 0 N–H and O–H groups in total. The van der Waals surface area contributed by atoms with E-state index in [-0.39, 0.29) is 23.0 Å². The van der Waals surface area contributed by atoms with Gasteiger partial charge in [-0.2, -0.15) is 0 Å². The van der Waals surface area contributed by atoms with Gasteiger partial charge in [0.2, 0.25) is 0 Å². The Hall–Kier alpha value is -3.46. The van der Waals surface area contributed by atoms with Gasteiger partial charge in [0, 0.05) is 41.7 Å². The van der Waals surface area contributed by atoms with Crippen LogP contribution in [0.25, 0.3) is 0 Å². The van der Waals surface area contributed by atoms with E-state index in [9.17, 15) is 2.74 Å². The first-order chi connectivity index (χ1) is 22.3. The predicted molar refractivity (Wildman–Crippen MR) is 200 cm³/mol. The quantitative estimate of drug-likeness (QED) is 0.175. The molecule has 2 atom stereocenters. The summed E-state index contributed by atoms with van der Waals surface area (Å²) in [7, 11) is 0. The predicted octanol–water partition coefficient (Wildman–Crippen LogP) is 9.68. The van der Waals surface area contributed by atoms with Crippen LogP contribution in [-0.4, -0.2) is 12.7 Å². The fraction of sp³-hybridized carbons (Fsp3) is 0.442. The molecule has 1 fully saturated rings. The van der Waals surface area contributed by atoms with Crippen molar-refractivity contribution in [2.24, 2.45) is 0 Å². The average molecular weight is 609 g/mol. The molecule has 0 bridgehead atoms. The molecule has 46 heavy (non-hydrogen) atoms. The molecule has 0 amide bonds. The Bertz CT molecular complexity index is 1990. The Morgan fingerprint density at radius 2 is 1.26 bits per heavy atom. The fourth-order valence-electron chi connectivity index (χ4n) is 8.49. The van der Waals surface area contributed by atoms with Crippen LogP contribution < -0.4 is 26.2 Å². The van der Waals surface area contributed by atoms with Crippen molar-refractivity contribution in [3.8, 4) is 0 Å². The summed E-state index contributed by atoms with van der Waals surface area (Å²) in [4.78, 5) is 4.83. The first kappa shape index (κ1) is 27.6. The lowest BCUT2D eigenvalue weighted by Crippen LogP contribution is -2.62. The van der Waals surface area contributed by atoms with Crippen LogP contribution in [0.3, 0.4) is 0 Å². The molecule has 0 aromatic heterocycles. The summed E-state index contributed by atoms with van der Waals surface area (Å²) in [5, 5.41) is 0. The summed E-state index contributed by atoms with van der Waals surface area (Å²) in [6, 6.07) is 24.7. The molecule has 4 aromatic carbocycles. The van der Waals surface area contributed by atoms with Crippen LogP contribution in [0.2, 0.25) is 0 Å². The van der Waals surface area contributed by atoms with E-state index in [1.54, 1.807) is 0 Å². The minimum atomic E-state index is -1.06. The van der Waals surface area contributed by atoms with E-state index in [1.807, 2.05) is 0 Å². The molecule has 3 aliphatic heterocycles. The van der Waals surface area contributed by atoms with Crippen molar-refractivity contribution in [3.05, 3.63) is 94.5 Å². The van der Waals surface area contributed by atoms with E-state index >= 15 is 0 Å². The Balaban J connectivity index is 1.50. The van der Waals surface area contributed by atoms with E-state index in [1.165, 1.54) is 50.0 Å². The number of fused-ring (bicyclic) bond motifs is 7. The minimum Gasteiger partial charge on any atom is -0.338 e. The second-order valence-corrected chi connectivity index (χ2v) is 17.5. The van der Waals surface area contributed by atoms with Crippen molar-refractivity contribution in [2.45, 2.75) is 123 Å². The van der Waals surface area contributed by atoms with Gasteiger partial charge in [-0.3, -0.25) is 0 Å². The largest absolute Gasteiger partial charge is 0.338 e. The van der Waals surface area contributed by atoms with Gasteiger partial charge in [-0.15, -0.1) is 0 Å². The highest BCUT2D eigenvalue weighted by atomic mass is 15.2. The Morgan fingerprint density at radius 3 is 1.93 bits per heavy atom. The number of hydrogen-bond acceptors (Lipinski definition) is 2. The lowest BCUT2D eigenvalue weighted by Gasteiger charge is -2.45. The third-order valence-electron chi connectivity index (χ3n) is 11.1. The van der Waals surface area contributed by atoms with E-state index in [2.05, 4.69) is 146 Å². The van der Waals surface area contributed by atoms with Crippen molar-refractivity contribution in [2.75, 3.05) is 9.80 Å². The molecule has 236 valence electrons. The van der Waals surface area contributed by atoms with Gasteiger partial charge in [0.25, 0.3) is 6.71 Å².